The Morgan fingerprint density at radius 3 is 2.78 bits per heavy atom. The quantitative estimate of drug-likeness (QED) is 0.493. The number of fused-ring (bicyclic) bond motifs is 1. The lowest BCUT2D eigenvalue weighted by atomic mass is 10.0. The number of hydrogen-bond acceptors (Lipinski definition) is 5. The van der Waals surface area contributed by atoms with Gasteiger partial charge in [0, 0.05) is 77.9 Å². The average molecular weight is 428 g/mol. The molecule has 7 nitrogen and oxygen atoms in total. The van der Waals surface area contributed by atoms with Crippen LogP contribution in [0.5, 0.6) is 0 Å². The summed E-state index contributed by atoms with van der Waals surface area (Å²) in [5, 5.41) is 4.04. The maximum atomic E-state index is 12.6. The van der Waals surface area contributed by atoms with E-state index in [9.17, 15) is 4.79 Å². The van der Waals surface area contributed by atoms with Crippen LogP contribution < -0.4 is 10.2 Å². The van der Waals surface area contributed by atoms with Gasteiger partial charge < -0.3 is 19.9 Å². The number of hydrogen-bond donors (Lipinski definition) is 2. The van der Waals surface area contributed by atoms with Crippen LogP contribution in [-0.4, -0.2) is 53.7 Å². The van der Waals surface area contributed by atoms with Gasteiger partial charge in [0.15, 0.2) is 0 Å². The van der Waals surface area contributed by atoms with E-state index in [1.54, 1.807) is 6.20 Å². The highest BCUT2D eigenvalue weighted by molar-refractivity contribution is 6.01. The lowest BCUT2D eigenvalue weighted by molar-refractivity contribution is 0.0954. The first-order valence-corrected chi connectivity index (χ1v) is 10.9. The van der Waals surface area contributed by atoms with Crippen molar-refractivity contribution in [1.29, 1.82) is 0 Å². The number of amides is 1. The van der Waals surface area contributed by atoms with Crippen molar-refractivity contribution in [3.8, 4) is 11.1 Å². The molecular weight excluding hydrogens is 402 g/mol. The van der Waals surface area contributed by atoms with Crippen molar-refractivity contribution in [2.75, 3.05) is 37.7 Å². The smallest absolute Gasteiger partial charge is 0.251 e. The Bertz CT molecular complexity index is 1200. The molecule has 1 aliphatic heterocycles. The van der Waals surface area contributed by atoms with E-state index in [-0.39, 0.29) is 5.91 Å². The number of ether oxygens (including phenoxy) is 1. The van der Waals surface area contributed by atoms with Crippen molar-refractivity contribution < 1.29 is 9.53 Å². The molecule has 4 heterocycles. The molecule has 1 aromatic carbocycles. The average Bonchev–Trinajstić information content (AvgIpc) is 3.29. The number of aromatic amines is 1. The first kappa shape index (κ1) is 20.2. The number of aromatic nitrogens is 3. The van der Waals surface area contributed by atoms with Gasteiger partial charge in [-0.05, 0) is 36.4 Å². The molecule has 0 bridgehead atoms. The molecule has 0 spiro atoms. The summed E-state index contributed by atoms with van der Waals surface area (Å²) < 4.78 is 5.42. The van der Waals surface area contributed by atoms with Crippen molar-refractivity contribution in [2.24, 2.45) is 0 Å². The highest BCUT2D eigenvalue weighted by Crippen LogP contribution is 2.29. The van der Waals surface area contributed by atoms with Gasteiger partial charge in [0.25, 0.3) is 5.91 Å². The highest BCUT2D eigenvalue weighted by Gasteiger charge is 2.14. The number of carbonyl (C=O) groups is 1. The summed E-state index contributed by atoms with van der Waals surface area (Å²) in [6, 6.07) is 15.7. The molecule has 1 amide bonds. The predicted octanol–water partition coefficient (Wildman–Crippen LogP) is 3.43. The number of benzene rings is 1. The van der Waals surface area contributed by atoms with Crippen LogP contribution in [0.4, 0.5) is 5.82 Å². The van der Waals surface area contributed by atoms with Crippen LogP contribution >= 0.6 is 0 Å². The summed E-state index contributed by atoms with van der Waals surface area (Å²) in [5.74, 6) is 0.886. The molecule has 0 aliphatic carbocycles. The standard InChI is InChI=1S/C25H25N5O2/c31-25(27-10-8-20-3-1-2-9-26-20)18-4-6-21-22(17-28-23(21)15-18)19-5-7-24(29-16-19)30-11-13-32-14-12-30/h1-7,9,15-17,28H,8,10-14H2,(H,27,31). The fourth-order valence-electron chi connectivity index (χ4n) is 3.98. The Balaban J connectivity index is 1.27. The molecule has 0 saturated carbocycles. The number of pyridine rings is 2. The van der Waals surface area contributed by atoms with Crippen LogP contribution in [0, 0.1) is 0 Å². The van der Waals surface area contributed by atoms with E-state index in [4.69, 9.17) is 4.74 Å². The summed E-state index contributed by atoms with van der Waals surface area (Å²) in [4.78, 5) is 27.0. The Labute approximate surface area is 186 Å². The van der Waals surface area contributed by atoms with E-state index in [1.165, 1.54) is 0 Å². The van der Waals surface area contributed by atoms with Crippen molar-refractivity contribution in [2.45, 2.75) is 6.42 Å². The van der Waals surface area contributed by atoms with Crippen molar-refractivity contribution in [3.63, 3.8) is 0 Å². The molecule has 3 aromatic heterocycles. The van der Waals surface area contributed by atoms with E-state index in [1.807, 2.05) is 48.8 Å². The largest absolute Gasteiger partial charge is 0.378 e. The van der Waals surface area contributed by atoms with Crippen LogP contribution in [0.15, 0.2) is 67.1 Å². The molecule has 162 valence electrons. The number of nitrogens with zero attached hydrogens (tertiary/aromatic N) is 3. The molecule has 0 atom stereocenters. The first-order chi connectivity index (χ1) is 15.8. The Hall–Kier alpha value is -3.71. The normalized spacial score (nSPS) is 13.9. The zero-order valence-electron chi connectivity index (χ0n) is 17.8. The molecule has 0 unspecified atom stereocenters. The van der Waals surface area contributed by atoms with E-state index < -0.39 is 0 Å². The zero-order chi connectivity index (χ0) is 21.8. The fraction of sp³-hybridized carbons (Fsp3) is 0.240. The number of nitrogens with one attached hydrogen (secondary N) is 2. The molecule has 2 N–H and O–H groups in total. The highest BCUT2D eigenvalue weighted by atomic mass is 16.5. The molecule has 7 heteroatoms. The van der Waals surface area contributed by atoms with E-state index in [2.05, 4.69) is 37.3 Å². The Kier molecular flexibility index (Phi) is 5.81. The van der Waals surface area contributed by atoms with Crippen LogP contribution in [0.25, 0.3) is 22.0 Å². The van der Waals surface area contributed by atoms with Gasteiger partial charge in [-0.3, -0.25) is 9.78 Å². The Morgan fingerprint density at radius 2 is 2.00 bits per heavy atom. The minimum atomic E-state index is -0.0875. The second-order valence-electron chi connectivity index (χ2n) is 7.79. The predicted molar refractivity (Wildman–Crippen MR) is 125 cm³/mol. The van der Waals surface area contributed by atoms with Crippen LogP contribution in [0.2, 0.25) is 0 Å². The summed E-state index contributed by atoms with van der Waals surface area (Å²) in [6.45, 7) is 3.76. The van der Waals surface area contributed by atoms with Crippen LogP contribution in [-0.2, 0) is 11.2 Å². The summed E-state index contributed by atoms with van der Waals surface area (Å²) >= 11 is 0. The molecule has 4 aromatic rings. The number of carbonyl (C=O) groups excluding carboxylic acids is 1. The molecule has 1 fully saturated rings. The molecular formula is C25H25N5O2. The third-order valence-electron chi connectivity index (χ3n) is 5.73. The van der Waals surface area contributed by atoms with Gasteiger partial charge in [0.05, 0.1) is 13.2 Å². The molecule has 1 saturated heterocycles. The Morgan fingerprint density at radius 1 is 1.09 bits per heavy atom. The monoisotopic (exact) mass is 427 g/mol. The SMILES string of the molecule is O=C(NCCc1ccccn1)c1ccc2c(-c3ccc(N4CCOCC4)nc3)c[nH]c2c1. The van der Waals surface area contributed by atoms with Gasteiger partial charge in [-0.25, -0.2) is 4.98 Å². The van der Waals surface area contributed by atoms with Gasteiger partial charge in [0.1, 0.15) is 5.82 Å². The number of morpholine rings is 1. The fourth-order valence-corrected chi connectivity index (χ4v) is 3.98. The van der Waals surface area contributed by atoms with E-state index >= 15 is 0 Å². The number of rotatable bonds is 6. The summed E-state index contributed by atoms with van der Waals surface area (Å²) in [5.41, 5.74) is 4.64. The number of anilines is 1. The van der Waals surface area contributed by atoms with Gasteiger partial charge in [-0.1, -0.05) is 12.1 Å². The number of H-pyrrole nitrogens is 1. The maximum Gasteiger partial charge on any atom is 0.251 e. The first-order valence-electron chi connectivity index (χ1n) is 10.9. The lowest BCUT2D eigenvalue weighted by Gasteiger charge is -2.27. The molecule has 5 rings (SSSR count). The van der Waals surface area contributed by atoms with Gasteiger partial charge in [-0.2, -0.15) is 0 Å². The third-order valence-corrected chi connectivity index (χ3v) is 5.73. The van der Waals surface area contributed by atoms with Crippen LogP contribution in [0.3, 0.4) is 0 Å². The summed E-state index contributed by atoms with van der Waals surface area (Å²) in [7, 11) is 0. The van der Waals surface area contributed by atoms with E-state index in [0.717, 1.165) is 59.8 Å². The van der Waals surface area contributed by atoms with E-state index in [0.29, 0.717) is 18.5 Å². The molecule has 32 heavy (non-hydrogen) atoms. The van der Waals surface area contributed by atoms with Gasteiger partial charge in [0.2, 0.25) is 0 Å². The maximum absolute atomic E-state index is 12.6. The topological polar surface area (TPSA) is 83.1 Å². The minimum absolute atomic E-state index is 0.0875. The van der Waals surface area contributed by atoms with Gasteiger partial charge in [-0.15, -0.1) is 0 Å². The molecule has 0 radical (unpaired) electrons. The van der Waals surface area contributed by atoms with Crippen molar-refractivity contribution in [1.82, 2.24) is 20.3 Å². The zero-order valence-corrected chi connectivity index (χ0v) is 17.8. The molecule has 1 aliphatic rings. The second-order valence-corrected chi connectivity index (χ2v) is 7.79. The summed E-state index contributed by atoms with van der Waals surface area (Å²) in [6.07, 6.45) is 6.35. The second kappa shape index (κ2) is 9.20. The van der Waals surface area contributed by atoms with Crippen molar-refractivity contribution >= 4 is 22.6 Å². The van der Waals surface area contributed by atoms with Crippen molar-refractivity contribution in [3.05, 3.63) is 78.4 Å². The third kappa shape index (κ3) is 4.33. The van der Waals surface area contributed by atoms with Crippen LogP contribution in [0.1, 0.15) is 16.1 Å². The lowest BCUT2D eigenvalue weighted by Crippen LogP contribution is -2.36. The minimum Gasteiger partial charge on any atom is -0.378 e. The van der Waals surface area contributed by atoms with Gasteiger partial charge >= 0.3 is 0 Å².